The molecule has 0 heterocycles. The molecule has 0 amide bonds. The molecule has 2 N–H and O–H groups in total. The minimum Gasteiger partial charge on any atom is -0.496 e. The zero-order valence-electron chi connectivity index (χ0n) is 16.6. The number of ether oxygens (including phenoxy) is 2. The summed E-state index contributed by atoms with van der Waals surface area (Å²) >= 11 is 0. The lowest BCUT2D eigenvalue weighted by atomic mass is 9.90. The summed E-state index contributed by atoms with van der Waals surface area (Å²) in [6, 6.07) is 4.13. The average Bonchev–Trinajstić information content (AvgIpc) is 2.62. The van der Waals surface area contributed by atoms with Crippen LogP contribution in [0.3, 0.4) is 0 Å². The number of methoxy groups -OCH3 is 1. The molecule has 4 nitrogen and oxygen atoms in total. The number of esters is 1. The maximum atomic E-state index is 14.7. The van der Waals surface area contributed by atoms with E-state index in [0.717, 1.165) is 6.07 Å². The zero-order valence-corrected chi connectivity index (χ0v) is 16.6. The van der Waals surface area contributed by atoms with Gasteiger partial charge in [-0.05, 0) is 61.2 Å². The molecule has 1 atom stereocenters. The molecule has 0 aliphatic heterocycles. The molecule has 8 heteroatoms. The molecule has 0 aliphatic carbocycles. The van der Waals surface area contributed by atoms with E-state index in [1.54, 1.807) is 32.9 Å². The summed E-state index contributed by atoms with van der Waals surface area (Å²) in [4.78, 5) is 11.7. The number of nitrogens with two attached hydrogens (primary N) is 1. The SMILES string of the molecule is CCOC(=O)C[C@H](N)c1cc(-c2c(C)ccc(OC)c2C)cc(C(F)(F)F)c1F. The fourth-order valence-electron chi connectivity index (χ4n) is 3.27. The molecule has 0 bridgehead atoms. The van der Waals surface area contributed by atoms with Gasteiger partial charge in [0.25, 0.3) is 0 Å². The third-order valence-corrected chi connectivity index (χ3v) is 4.63. The van der Waals surface area contributed by atoms with Gasteiger partial charge in [0.15, 0.2) is 0 Å². The minimum atomic E-state index is -4.93. The van der Waals surface area contributed by atoms with Crippen molar-refractivity contribution in [2.24, 2.45) is 5.73 Å². The molecule has 2 aromatic rings. The van der Waals surface area contributed by atoms with Crippen LogP contribution in [0.25, 0.3) is 11.1 Å². The van der Waals surface area contributed by atoms with Crippen LogP contribution in [-0.2, 0) is 15.7 Å². The molecule has 2 aromatic carbocycles. The summed E-state index contributed by atoms with van der Waals surface area (Å²) < 4.78 is 65.3. The molecular weight excluding hydrogens is 390 g/mol. The monoisotopic (exact) mass is 413 g/mol. The van der Waals surface area contributed by atoms with Crippen molar-refractivity contribution in [1.82, 2.24) is 0 Å². The number of hydrogen-bond donors (Lipinski definition) is 1. The molecular formula is C21H23F4NO3. The van der Waals surface area contributed by atoms with Gasteiger partial charge in [0.05, 0.1) is 25.7 Å². The summed E-state index contributed by atoms with van der Waals surface area (Å²) in [5.74, 6) is -1.72. The van der Waals surface area contributed by atoms with Crippen LogP contribution < -0.4 is 10.5 Å². The lowest BCUT2D eigenvalue weighted by molar-refractivity contribution is -0.143. The summed E-state index contributed by atoms with van der Waals surface area (Å²) in [6.07, 6.45) is -5.37. The Bertz CT molecular complexity index is 910. The molecule has 29 heavy (non-hydrogen) atoms. The maximum absolute atomic E-state index is 14.7. The van der Waals surface area contributed by atoms with Crippen molar-refractivity contribution in [2.75, 3.05) is 13.7 Å². The lowest BCUT2D eigenvalue weighted by Crippen LogP contribution is -2.20. The summed E-state index contributed by atoms with van der Waals surface area (Å²) in [5, 5.41) is 0. The van der Waals surface area contributed by atoms with Crippen LogP contribution in [0.4, 0.5) is 17.6 Å². The first-order chi connectivity index (χ1) is 13.5. The normalized spacial score (nSPS) is 12.6. The van der Waals surface area contributed by atoms with Gasteiger partial charge in [0.1, 0.15) is 11.6 Å². The molecule has 0 fully saturated rings. The molecule has 0 unspecified atom stereocenters. The predicted molar refractivity (Wildman–Crippen MR) is 101 cm³/mol. The van der Waals surface area contributed by atoms with Gasteiger partial charge < -0.3 is 15.2 Å². The van der Waals surface area contributed by atoms with Crippen LogP contribution in [0.5, 0.6) is 5.75 Å². The number of carbonyl (C=O) groups excluding carboxylic acids is 1. The van der Waals surface area contributed by atoms with Gasteiger partial charge >= 0.3 is 12.1 Å². The average molecular weight is 413 g/mol. The van der Waals surface area contributed by atoms with E-state index >= 15 is 0 Å². The first-order valence-corrected chi connectivity index (χ1v) is 8.97. The van der Waals surface area contributed by atoms with Crippen LogP contribution >= 0.6 is 0 Å². The van der Waals surface area contributed by atoms with Gasteiger partial charge in [0, 0.05) is 11.6 Å². The predicted octanol–water partition coefficient (Wildman–Crippen LogP) is 5.09. The second-order valence-electron chi connectivity index (χ2n) is 6.63. The van der Waals surface area contributed by atoms with E-state index in [4.69, 9.17) is 15.2 Å². The van der Waals surface area contributed by atoms with E-state index in [2.05, 4.69) is 0 Å². The molecule has 0 aromatic heterocycles. The molecule has 0 spiro atoms. The molecule has 0 radical (unpaired) electrons. The van der Waals surface area contributed by atoms with Crippen LogP contribution in [0.1, 0.15) is 41.6 Å². The Kier molecular flexibility index (Phi) is 6.89. The topological polar surface area (TPSA) is 61.5 Å². The molecule has 2 rings (SSSR count). The van der Waals surface area contributed by atoms with E-state index < -0.39 is 41.6 Å². The lowest BCUT2D eigenvalue weighted by Gasteiger charge is -2.20. The Morgan fingerprint density at radius 3 is 2.41 bits per heavy atom. The standard InChI is InChI=1S/C21H23F4NO3/c1-5-29-18(27)10-16(26)14-8-13(9-15(20(14)22)21(23,24)25)19-11(2)6-7-17(28-4)12(19)3/h6-9,16H,5,10,26H2,1-4H3/t16-/m0/s1. The third kappa shape index (κ3) is 4.87. The number of hydrogen-bond acceptors (Lipinski definition) is 4. The Morgan fingerprint density at radius 1 is 1.21 bits per heavy atom. The summed E-state index contributed by atoms with van der Waals surface area (Å²) in [5.41, 5.74) is 5.97. The summed E-state index contributed by atoms with van der Waals surface area (Å²) in [6.45, 7) is 5.11. The van der Waals surface area contributed by atoms with Crippen molar-refractivity contribution in [3.63, 3.8) is 0 Å². The number of carbonyl (C=O) groups is 1. The Labute approximate surface area is 166 Å². The smallest absolute Gasteiger partial charge is 0.419 e. The number of rotatable bonds is 6. The third-order valence-electron chi connectivity index (χ3n) is 4.63. The van der Waals surface area contributed by atoms with E-state index in [1.807, 2.05) is 0 Å². The molecule has 0 aliphatic rings. The van der Waals surface area contributed by atoms with E-state index in [1.165, 1.54) is 13.2 Å². The highest BCUT2D eigenvalue weighted by molar-refractivity contribution is 5.75. The Morgan fingerprint density at radius 2 is 1.86 bits per heavy atom. The van der Waals surface area contributed by atoms with Crippen LogP contribution in [0.15, 0.2) is 24.3 Å². The number of alkyl halides is 3. The first kappa shape index (κ1) is 22.7. The van der Waals surface area contributed by atoms with Gasteiger partial charge in [0.2, 0.25) is 0 Å². The largest absolute Gasteiger partial charge is 0.496 e. The fourth-order valence-corrected chi connectivity index (χ4v) is 3.27. The zero-order chi connectivity index (χ0) is 21.9. The van der Waals surface area contributed by atoms with Gasteiger partial charge in [-0.1, -0.05) is 6.07 Å². The fraction of sp³-hybridized carbons (Fsp3) is 0.381. The van der Waals surface area contributed by atoms with Gasteiger partial charge in [-0.2, -0.15) is 13.2 Å². The highest BCUT2D eigenvalue weighted by atomic mass is 19.4. The van der Waals surface area contributed by atoms with Crippen molar-refractivity contribution >= 4 is 5.97 Å². The van der Waals surface area contributed by atoms with Crippen molar-refractivity contribution < 1.29 is 31.8 Å². The first-order valence-electron chi connectivity index (χ1n) is 8.97. The second-order valence-corrected chi connectivity index (χ2v) is 6.63. The highest BCUT2D eigenvalue weighted by Gasteiger charge is 2.37. The van der Waals surface area contributed by atoms with Crippen molar-refractivity contribution in [1.29, 1.82) is 0 Å². The quantitative estimate of drug-likeness (QED) is 0.529. The molecule has 0 saturated carbocycles. The van der Waals surface area contributed by atoms with Gasteiger partial charge in [-0.3, -0.25) is 4.79 Å². The highest BCUT2D eigenvalue weighted by Crippen LogP contribution is 2.40. The van der Waals surface area contributed by atoms with Gasteiger partial charge in [-0.15, -0.1) is 0 Å². The van der Waals surface area contributed by atoms with Crippen LogP contribution in [-0.4, -0.2) is 19.7 Å². The molecule has 0 saturated heterocycles. The number of aryl methyl sites for hydroxylation is 1. The Balaban J connectivity index is 2.71. The van der Waals surface area contributed by atoms with Crippen LogP contribution in [0.2, 0.25) is 0 Å². The molecule has 158 valence electrons. The number of halogens is 4. The van der Waals surface area contributed by atoms with E-state index in [9.17, 15) is 22.4 Å². The Hall–Kier alpha value is -2.61. The maximum Gasteiger partial charge on any atom is 0.419 e. The van der Waals surface area contributed by atoms with E-state index in [0.29, 0.717) is 22.4 Å². The van der Waals surface area contributed by atoms with Crippen molar-refractivity contribution in [2.45, 2.75) is 39.4 Å². The number of benzene rings is 2. The van der Waals surface area contributed by atoms with E-state index in [-0.39, 0.29) is 12.2 Å². The van der Waals surface area contributed by atoms with Crippen LogP contribution in [0, 0.1) is 19.7 Å². The van der Waals surface area contributed by atoms with Crippen molar-refractivity contribution in [3.8, 4) is 16.9 Å². The minimum absolute atomic E-state index is 0.0874. The summed E-state index contributed by atoms with van der Waals surface area (Å²) in [7, 11) is 1.45. The van der Waals surface area contributed by atoms with Gasteiger partial charge in [-0.25, -0.2) is 4.39 Å². The van der Waals surface area contributed by atoms with Crippen molar-refractivity contribution in [3.05, 3.63) is 52.3 Å². The second kappa shape index (κ2) is 8.82.